The highest BCUT2D eigenvalue weighted by Crippen LogP contribution is 2.29. The lowest BCUT2D eigenvalue weighted by atomic mass is 10.1. The molecule has 2 aliphatic rings. The molecule has 0 spiro atoms. The van der Waals surface area contributed by atoms with E-state index < -0.39 is 0 Å². The zero-order valence-electron chi connectivity index (χ0n) is 16.9. The van der Waals surface area contributed by atoms with Crippen molar-refractivity contribution in [2.45, 2.75) is 32.4 Å². The molecule has 5 nitrogen and oxygen atoms in total. The van der Waals surface area contributed by atoms with Crippen LogP contribution in [0.1, 0.15) is 24.5 Å². The highest BCUT2D eigenvalue weighted by Gasteiger charge is 2.26. The number of rotatable bonds is 3. The maximum absolute atomic E-state index is 13.0. The summed E-state index contributed by atoms with van der Waals surface area (Å²) in [6, 6.07) is 17.0. The molecule has 4 rings (SSSR count). The Morgan fingerprint density at radius 2 is 1.93 bits per heavy atom. The molecular formula is C23H30N4O. The van der Waals surface area contributed by atoms with E-state index in [4.69, 9.17) is 0 Å². The number of nitrogens with one attached hydrogen (secondary N) is 1. The molecule has 148 valence electrons. The van der Waals surface area contributed by atoms with Gasteiger partial charge in [0, 0.05) is 57.2 Å². The second kappa shape index (κ2) is 8.23. The first-order valence-corrected chi connectivity index (χ1v) is 10.3. The van der Waals surface area contributed by atoms with Crippen molar-refractivity contribution in [3.63, 3.8) is 0 Å². The van der Waals surface area contributed by atoms with Gasteiger partial charge in [-0.15, -0.1) is 0 Å². The molecule has 1 atom stereocenters. The Hall–Kier alpha value is -2.53. The number of benzene rings is 2. The van der Waals surface area contributed by atoms with Gasteiger partial charge < -0.3 is 15.1 Å². The van der Waals surface area contributed by atoms with Crippen molar-refractivity contribution < 1.29 is 4.79 Å². The highest BCUT2D eigenvalue weighted by atomic mass is 16.2. The number of likely N-dealkylation sites (N-methyl/N-ethyl adjacent to an activating group) is 1. The van der Waals surface area contributed by atoms with Gasteiger partial charge in [0.15, 0.2) is 0 Å². The van der Waals surface area contributed by atoms with Crippen LogP contribution in [-0.2, 0) is 13.0 Å². The number of anilines is 2. The molecule has 28 heavy (non-hydrogen) atoms. The number of hydrogen-bond donors (Lipinski definition) is 1. The van der Waals surface area contributed by atoms with E-state index in [2.05, 4.69) is 71.6 Å². The van der Waals surface area contributed by atoms with Crippen LogP contribution in [0, 0.1) is 0 Å². The number of carbonyl (C=O) groups is 1. The molecule has 0 bridgehead atoms. The van der Waals surface area contributed by atoms with Crippen LogP contribution in [0.2, 0.25) is 0 Å². The maximum atomic E-state index is 13.0. The molecule has 0 radical (unpaired) electrons. The monoisotopic (exact) mass is 378 g/mol. The second-order valence-corrected chi connectivity index (χ2v) is 8.06. The fourth-order valence-corrected chi connectivity index (χ4v) is 4.35. The summed E-state index contributed by atoms with van der Waals surface area (Å²) in [4.78, 5) is 19.7. The molecule has 0 aromatic heterocycles. The van der Waals surface area contributed by atoms with E-state index in [1.807, 2.05) is 11.0 Å². The smallest absolute Gasteiger partial charge is 0.322 e. The largest absolute Gasteiger partial charge is 0.374 e. The van der Waals surface area contributed by atoms with E-state index in [1.165, 1.54) is 16.8 Å². The minimum atomic E-state index is 0.00895. The first-order chi connectivity index (χ1) is 13.6. The minimum Gasteiger partial charge on any atom is -0.374 e. The summed E-state index contributed by atoms with van der Waals surface area (Å²) >= 11 is 0. The zero-order valence-corrected chi connectivity index (χ0v) is 16.9. The summed E-state index contributed by atoms with van der Waals surface area (Å²) in [6.45, 7) is 6.86. The van der Waals surface area contributed by atoms with Crippen molar-refractivity contribution in [1.29, 1.82) is 0 Å². The van der Waals surface area contributed by atoms with Gasteiger partial charge in [-0.3, -0.25) is 4.90 Å². The van der Waals surface area contributed by atoms with Crippen LogP contribution < -0.4 is 10.2 Å². The molecule has 1 unspecified atom stereocenters. The molecule has 2 aromatic rings. The van der Waals surface area contributed by atoms with Crippen LogP contribution in [0.25, 0.3) is 0 Å². The Balaban J connectivity index is 1.39. The number of hydrogen-bond acceptors (Lipinski definition) is 3. The van der Waals surface area contributed by atoms with Crippen molar-refractivity contribution in [3.05, 3.63) is 59.7 Å². The molecule has 2 aromatic carbocycles. The third kappa shape index (κ3) is 4.14. The van der Waals surface area contributed by atoms with E-state index in [0.717, 1.165) is 51.3 Å². The molecule has 2 heterocycles. The van der Waals surface area contributed by atoms with Gasteiger partial charge in [0.05, 0.1) is 0 Å². The summed E-state index contributed by atoms with van der Waals surface area (Å²) in [5, 5.41) is 3.13. The Kier molecular flexibility index (Phi) is 5.53. The topological polar surface area (TPSA) is 38.8 Å². The second-order valence-electron chi connectivity index (χ2n) is 8.06. The average molecular weight is 379 g/mol. The van der Waals surface area contributed by atoms with Gasteiger partial charge in [0.1, 0.15) is 0 Å². The highest BCUT2D eigenvalue weighted by molar-refractivity contribution is 5.90. The normalized spacial score (nSPS) is 20.0. The fourth-order valence-electron chi connectivity index (χ4n) is 4.35. The molecule has 5 heteroatoms. The molecule has 0 aliphatic carbocycles. The Bertz CT molecular complexity index is 823. The van der Waals surface area contributed by atoms with Crippen molar-refractivity contribution >= 4 is 17.4 Å². The van der Waals surface area contributed by atoms with Crippen LogP contribution in [0.15, 0.2) is 48.5 Å². The van der Waals surface area contributed by atoms with Crippen molar-refractivity contribution in [1.82, 2.24) is 9.80 Å². The first kappa shape index (κ1) is 18.8. The summed E-state index contributed by atoms with van der Waals surface area (Å²) < 4.78 is 0. The summed E-state index contributed by atoms with van der Waals surface area (Å²) in [5.74, 6) is 0. The van der Waals surface area contributed by atoms with Crippen molar-refractivity contribution in [3.8, 4) is 0 Å². The van der Waals surface area contributed by atoms with Gasteiger partial charge in [-0.1, -0.05) is 36.4 Å². The van der Waals surface area contributed by atoms with Gasteiger partial charge >= 0.3 is 6.03 Å². The molecule has 2 aliphatic heterocycles. The predicted octanol–water partition coefficient (Wildman–Crippen LogP) is 3.81. The standard InChI is InChI=1S/C23H30N4O/c1-18-16-26(17-19-7-4-3-5-8-19)12-6-13-27(18)23(28)24-21-10-9-20-11-14-25(2)22(20)15-21/h3-5,7-10,15,18H,6,11-14,16-17H2,1-2H3,(H,24,28). The first-order valence-electron chi connectivity index (χ1n) is 10.3. The maximum Gasteiger partial charge on any atom is 0.322 e. The van der Waals surface area contributed by atoms with Gasteiger partial charge in [-0.25, -0.2) is 4.79 Å². The van der Waals surface area contributed by atoms with E-state index in [-0.39, 0.29) is 12.1 Å². The van der Waals surface area contributed by atoms with E-state index in [0.29, 0.717) is 0 Å². The van der Waals surface area contributed by atoms with Crippen molar-refractivity contribution in [2.24, 2.45) is 0 Å². The Morgan fingerprint density at radius 1 is 1.11 bits per heavy atom. The van der Waals surface area contributed by atoms with E-state index >= 15 is 0 Å². The van der Waals surface area contributed by atoms with Crippen LogP contribution in [0.5, 0.6) is 0 Å². The third-order valence-electron chi connectivity index (χ3n) is 5.90. The Morgan fingerprint density at radius 3 is 2.75 bits per heavy atom. The lowest BCUT2D eigenvalue weighted by Gasteiger charge is -2.29. The molecule has 1 N–H and O–H groups in total. The van der Waals surface area contributed by atoms with Crippen LogP contribution in [-0.4, -0.2) is 55.1 Å². The van der Waals surface area contributed by atoms with Crippen LogP contribution in [0.4, 0.5) is 16.2 Å². The zero-order chi connectivity index (χ0) is 19.5. The molecular weight excluding hydrogens is 348 g/mol. The van der Waals surface area contributed by atoms with E-state index in [1.54, 1.807) is 0 Å². The lowest BCUT2D eigenvalue weighted by molar-refractivity contribution is 0.184. The van der Waals surface area contributed by atoms with Crippen LogP contribution >= 0.6 is 0 Å². The van der Waals surface area contributed by atoms with E-state index in [9.17, 15) is 4.79 Å². The molecule has 0 saturated carbocycles. The summed E-state index contributed by atoms with van der Waals surface area (Å²) in [5.41, 5.74) is 4.81. The van der Waals surface area contributed by atoms with Crippen molar-refractivity contribution in [2.75, 3.05) is 43.4 Å². The number of fused-ring (bicyclic) bond motifs is 1. The molecule has 2 amide bonds. The summed E-state index contributed by atoms with van der Waals surface area (Å²) in [7, 11) is 2.11. The van der Waals surface area contributed by atoms with Gasteiger partial charge in [-0.2, -0.15) is 0 Å². The summed E-state index contributed by atoms with van der Waals surface area (Å²) in [6.07, 6.45) is 2.08. The number of urea groups is 1. The van der Waals surface area contributed by atoms with Gasteiger partial charge in [-0.05, 0) is 43.0 Å². The van der Waals surface area contributed by atoms with Gasteiger partial charge in [0.2, 0.25) is 0 Å². The predicted molar refractivity (Wildman–Crippen MR) is 115 cm³/mol. The quantitative estimate of drug-likeness (QED) is 0.883. The SMILES string of the molecule is CC1CN(Cc2ccccc2)CCCN1C(=O)Nc1ccc2c(c1)N(C)CC2. The number of carbonyl (C=O) groups excluding carboxylic acids is 1. The average Bonchev–Trinajstić information content (AvgIpc) is 2.95. The molecule has 1 saturated heterocycles. The van der Waals surface area contributed by atoms with Crippen LogP contribution in [0.3, 0.4) is 0 Å². The Labute approximate surface area is 167 Å². The minimum absolute atomic E-state index is 0.00895. The fraction of sp³-hybridized carbons (Fsp3) is 0.435. The third-order valence-corrected chi connectivity index (χ3v) is 5.90. The van der Waals surface area contributed by atoms with Gasteiger partial charge in [0.25, 0.3) is 0 Å². The number of nitrogens with zero attached hydrogens (tertiary/aromatic N) is 3. The number of amides is 2. The lowest BCUT2D eigenvalue weighted by Crippen LogP contribution is -2.44. The molecule has 1 fully saturated rings.